The van der Waals surface area contributed by atoms with E-state index in [1.165, 1.54) is 24.3 Å². The molecule has 0 bridgehead atoms. The summed E-state index contributed by atoms with van der Waals surface area (Å²) in [5.41, 5.74) is 1.16. The van der Waals surface area contributed by atoms with Crippen molar-refractivity contribution in [1.29, 1.82) is 0 Å². The summed E-state index contributed by atoms with van der Waals surface area (Å²) in [6, 6.07) is 10.2. The maximum absolute atomic E-state index is 12.8. The Labute approximate surface area is 177 Å². The van der Waals surface area contributed by atoms with Crippen molar-refractivity contribution in [1.82, 2.24) is 0 Å². The van der Waals surface area contributed by atoms with Crippen molar-refractivity contribution < 1.29 is 31.3 Å². The van der Waals surface area contributed by atoms with Crippen molar-refractivity contribution in [3.05, 3.63) is 69.4 Å². The van der Waals surface area contributed by atoms with Crippen LogP contribution in [0.2, 0.25) is 0 Å². The van der Waals surface area contributed by atoms with Crippen LogP contribution in [0.15, 0.2) is 46.9 Å². The van der Waals surface area contributed by atoms with Gasteiger partial charge in [-0.15, -0.1) is 6.61 Å². The molecule has 2 aromatic carbocycles. The Morgan fingerprint density at radius 3 is 2.08 bits per heavy atom. The van der Waals surface area contributed by atoms with E-state index in [-0.39, 0.29) is 45.8 Å². The quantitative estimate of drug-likeness (QED) is 0.496. The van der Waals surface area contributed by atoms with Crippen molar-refractivity contribution in [3.8, 4) is 0 Å². The van der Waals surface area contributed by atoms with Gasteiger partial charge in [0, 0.05) is 15.6 Å². The Balaban J connectivity index is 0. The van der Waals surface area contributed by atoms with Crippen LogP contribution in [-0.2, 0) is 6.61 Å². The van der Waals surface area contributed by atoms with Gasteiger partial charge in [-0.25, -0.2) is 4.39 Å². The summed E-state index contributed by atoms with van der Waals surface area (Å²) in [5.74, 6) is 0.166. The van der Waals surface area contributed by atoms with Crippen molar-refractivity contribution >= 4 is 44.8 Å². The minimum absolute atomic E-state index is 0. The molecule has 0 saturated carbocycles. The Hall–Kier alpha value is -0.274. The molecule has 0 saturated heterocycles. The van der Waals surface area contributed by atoms with E-state index >= 15 is 0 Å². The smallest absolute Gasteiger partial charge is 1.00 e. The fraction of sp³-hybridized carbons (Fsp3) is 0.278. The van der Waals surface area contributed by atoms with Crippen LogP contribution in [-0.4, -0.2) is 28.8 Å². The number of rotatable bonds is 3. The van der Waals surface area contributed by atoms with Gasteiger partial charge in [-0.3, -0.25) is 4.79 Å². The third-order valence-electron chi connectivity index (χ3n) is 2.57. The molecule has 0 aliphatic rings. The van der Waals surface area contributed by atoms with Crippen LogP contribution < -0.4 is 22.1 Å². The minimum Gasteiger partial charge on any atom is -1.00 e. The SMILES string of the molecule is CC(C)C.O=C(c1ccc(F)cc1)c1ccc(Br)cc1C[O-].[Br-].[Mg+2]. The number of carbonyl (C=O) groups is 1. The van der Waals surface area contributed by atoms with Gasteiger partial charge in [-0.05, 0) is 48.4 Å². The molecule has 0 radical (unpaired) electrons. The van der Waals surface area contributed by atoms with Crippen molar-refractivity contribution in [2.75, 3.05) is 0 Å². The summed E-state index contributed by atoms with van der Waals surface area (Å²) in [6.45, 7) is 6.03. The Morgan fingerprint density at radius 1 is 1.12 bits per heavy atom. The molecule has 0 fully saturated rings. The van der Waals surface area contributed by atoms with Gasteiger partial charge in [0.1, 0.15) is 5.82 Å². The summed E-state index contributed by atoms with van der Waals surface area (Å²) >= 11 is 3.25. The van der Waals surface area contributed by atoms with Crippen LogP contribution in [0.3, 0.4) is 0 Å². The first-order chi connectivity index (χ1) is 10.3. The molecule has 2 aromatic rings. The summed E-state index contributed by atoms with van der Waals surface area (Å²) in [7, 11) is 0. The van der Waals surface area contributed by atoms with Gasteiger partial charge in [-0.2, -0.15) is 0 Å². The number of benzene rings is 2. The fourth-order valence-electron chi connectivity index (χ4n) is 1.66. The monoisotopic (exact) mass is 468 g/mol. The maximum atomic E-state index is 12.8. The second-order valence-electron chi connectivity index (χ2n) is 5.51. The van der Waals surface area contributed by atoms with E-state index in [4.69, 9.17) is 0 Å². The number of hydrogen-bond acceptors (Lipinski definition) is 2. The van der Waals surface area contributed by atoms with Gasteiger partial charge in [0.2, 0.25) is 0 Å². The topological polar surface area (TPSA) is 40.1 Å². The van der Waals surface area contributed by atoms with Crippen molar-refractivity contribution in [3.63, 3.8) is 0 Å². The summed E-state index contributed by atoms with van der Waals surface area (Å²) in [6.07, 6.45) is 0. The van der Waals surface area contributed by atoms with Crippen LogP contribution in [0.25, 0.3) is 0 Å². The molecule has 0 atom stereocenters. The molecule has 0 aliphatic heterocycles. The molecule has 0 unspecified atom stereocenters. The molecular weight excluding hydrogens is 451 g/mol. The van der Waals surface area contributed by atoms with Gasteiger partial charge in [0.15, 0.2) is 5.78 Å². The van der Waals surface area contributed by atoms with E-state index in [9.17, 15) is 14.3 Å². The van der Waals surface area contributed by atoms with Crippen LogP contribution in [0.4, 0.5) is 4.39 Å². The Morgan fingerprint density at radius 2 is 1.62 bits per heavy atom. The second-order valence-corrected chi connectivity index (χ2v) is 6.43. The largest absolute Gasteiger partial charge is 2.00 e. The minimum atomic E-state index is -0.471. The van der Waals surface area contributed by atoms with E-state index in [0.717, 1.165) is 10.4 Å². The standard InChI is InChI=1S/C14H9BrFO2.C4H10.BrH.Mg/c15-11-3-6-13(10(7-11)8-17)14(18)9-1-4-12(16)5-2-9;1-4(2)3;;/h1-7H,8H2;4H,1-3H3;1H;/q-1;;;+2/p-1. The molecule has 0 aromatic heterocycles. The molecular formula is C18H19Br2FMgO2. The zero-order chi connectivity index (χ0) is 16.7. The molecule has 0 aliphatic carbocycles. The van der Waals surface area contributed by atoms with Crippen LogP contribution in [0, 0.1) is 11.7 Å². The average Bonchev–Trinajstić information content (AvgIpc) is 2.46. The predicted octanol–water partition coefficient (Wildman–Crippen LogP) is 0.965. The number of hydrogen-bond donors (Lipinski definition) is 0. The van der Waals surface area contributed by atoms with Gasteiger partial charge in [0.05, 0.1) is 0 Å². The van der Waals surface area contributed by atoms with E-state index in [2.05, 4.69) is 36.7 Å². The summed E-state index contributed by atoms with van der Waals surface area (Å²) < 4.78 is 13.5. The number of halogens is 3. The van der Waals surface area contributed by atoms with Gasteiger partial charge in [0.25, 0.3) is 0 Å². The number of carbonyl (C=O) groups excluding carboxylic acids is 1. The molecule has 24 heavy (non-hydrogen) atoms. The zero-order valence-electron chi connectivity index (χ0n) is 14.0. The fourth-order valence-corrected chi connectivity index (χ4v) is 2.07. The van der Waals surface area contributed by atoms with Crippen molar-refractivity contribution in [2.45, 2.75) is 27.4 Å². The van der Waals surface area contributed by atoms with Crippen molar-refractivity contribution in [2.24, 2.45) is 5.92 Å². The van der Waals surface area contributed by atoms with Crippen LogP contribution in [0.1, 0.15) is 42.3 Å². The first-order valence-corrected chi connectivity index (χ1v) is 7.81. The summed E-state index contributed by atoms with van der Waals surface area (Å²) in [5, 5.41) is 11.1. The first-order valence-electron chi connectivity index (χ1n) is 7.02. The second kappa shape index (κ2) is 13.0. The average molecular weight is 470 g/mol. The third-order valence-corrected chi connectivity index (χ3v) is 3.07. The van der Waals surface area contributed by atoms with E-state index in [1.807, 2.05) is 0 Å². The van der Waals surface area contributed by atoms with E-state index < -0.39 is 12.4 Å². The van der Waals surface area contributed by atoms with Gasteiger partial charge in [-0.1, -0.05) is 42.3 Å². The summed E-state index contributed by atoms with van der Waals surface area (Å²) in [4.78, 5) is 12.2. The predicted molar refractivity (Wildman–Crippen MR) is 93.9 cm³/mol. The molecule has 2 rings (SSSR count). The molecule has 0 spiro atoms. The molecule has 2 nitrogen and oxygen atoms in total. The van der Waals surface area contributed by atoms with Crippen LogP contribution >= 0.6 is 15.9 Å². The van der Waals surface area contributed by atoms with E-state index in [0.29, 0.717) is 16.7 Å². The number of ketones is 1. The van der Waals surface area contributed by atoms with Crippen LogP contribution in [0.5, 0.6) is 0 Å². The Kier molecular flexibility index (Phi) is 14.1. The third kappa shape index (κ3) is 8.71. The maximum Gasteiger partial charge on any atom is 2.00 e. The zero-order valence-corrected chi connectivity index (χ0v) is 18.6. The normalized spacial score (nSPS) is 9.29. The first kappa shape index (κ1) is 26.0. The van der Waals surface area contributed by atoms with Gasteiger partial charge >= 0.3 is 23.1 Å². The molecule has 0 N–H and O–H groups in total. The molecule has 6 heteroatoms. The molecule has 126 valence electrons. The molecule has 0 amide bonds. The Bertz CT molecular complexity index is 629. The van der Waals surface area contributed by atoms with Gasteiger partial charge < -0.3 is 22.1 Å². The van der Waals surface area contributed by atoms with E-state index in [1.54, 1.807) is 18.2 Å². The molecule has 0 heterocycles.